The Morgan fingerprint density at radius 2 is 1.91 bits per heavy atom. The number of thiazole rings is 1. The number of fused-ring (bicyclic) bond motifs is 1. The van der Waals surface area contributed by atoms with Gasteiger partial charge in [-0.2, -0.15) is 0 Å². The largest absolute Gasteiger partial charge is 0.494 e. The Morgan fingerprint density at radius 3 is 2.64 bits per heavy atom. The van der Waals surface area contributed by atoms with Gasteiger partial charge in [0.15, 0.2) is 0 Å². The lowest BCUT2D eigenvalue weighted by Crippen LogP contribution is -2.30. The number of hydrogen-bond donors (Lipinski definition) is 3. The number of amidine groups is 1. The molecule has 0 spiro atoms. The third kappa shape index (κ3) is 5.39. The molecule has 0 saturated heterocycles. The summed E-state index contributed by atoms with van der Waals surface area (Å²) in [6.07, 6.45) is 0.353. The fourth-order valence-corrected chi connectivity index (χ4v) is 5.81. The van der Waals surface area contributed by atoms with E-state index >= 15 is 0 Å². The summed E-state index contributed by atoms with van der Waals surface area (Å²) in [6, 6.07) is 20.5. The van der Waals surface area contributed by atoms with Crippen molar-refractivity contribution in [2.75, 3.05) is 6.61 Å². The third-order valence-corrected chi connectivity index (χ3v) is 7.63. The molecule has 4 N–H and O–H groups in total. The maximum Gasteiger partial charge on any atom is 0.241 e. The van der Waals surface area contributed by atoms with Gasteiger partial charge in [0.25, 0.3) is 0 Å². The number of nitrogen functional groups attached to an aromatic ring is 1. The van der Waals surface area contributed by atoms with E-state index in [1.807, 2.05) is 37.3 Å². The molecule has 0 aliphatic carbocycles. The van der Waals surface area contributed by atoms with Crippen LogP contribution in [0.3, 0.4) is 0 Å². The van der Waals surface area contributed by atoms with Crippen molar-refractivity contribution in [2.24, 2.45) is 5.73 Å². The topological polar surface area (TPSA) is 118 Å². The molecule has 0 aliphatic heterocycles. The van der Waals surface area contributed by atoms with E-state index in [0.29, 0.717) is 23.6 Å². The van der Waals surface area contributed by atoms with Crippen molar-refractivity contribution < 1.29 is 13.2 Å². The van der Waals surface area contributed by atoms with Crippen molar-refractivity contribution >= 4 is 37.4 Å². The first-order valence-corrected chi connectivity index (χ1v) is 12.7. The third-order valence-electron chi connectivity index (χ3n) is 5.01. The first-order valence-electron chi connectivity index (χ1n) is 10.4. The van der Waals surface area contributed by atoms with Gasteiger partial charge >= 0.3 is 0 Å². The average Bonchev–Trinajstić information content (AvgIpc) is 3.23. The summed E-state index contributed by atoms with van der Waals surface area (Å²) in [6.45, 7) is 2.48. The number of ether oxygens (including phenoxy) is 1. The average molecular weight is 481 g/mol. The number of aromatic nitrogens is 1. The van der Waals surface area contributed by atoms with Crippen LogP contribution in [0, 0.1) is 5.41 Å². The molecule has 1 aromatic heterocycles. The maximum atomic E-state index is 13.1. The SMILES string of the molecule is CCOc1ccc2nc(C(Cc3cccc(C(=N)N)c3)NS(=O)(=O)c3ccccc3)sc2c1. The first-order chi connectivity index (χ1) is 15.9. The lowest BCUT2D eigenvalue weighted by Gasteiger charge is -2.17. The van der Waals surface area contributed by atoms with E-state index in [1.165, 1.54) is 11.3 Å². The molecule has 3 aromatic carbocycles. The molecule has 0 fully saturated rings. The summed E-state index contributed by atoms with van der Waals surface area (Å²) in [5, 5.41) is 8.35. The van der Waals surface area contributed by atoms with Gasteiger partial charge in [0.1, 0.15) is 16.6 Å². The zero-order valence-electron chi connectivity index (χ0n) is 18.0. The first kappa shape index (κ1) is 22.9. The minimum absolute atomic E-state index is 0.0401. The number of nitrogens with zero attached hydrogens (tertiary/aromatic N) is 1. The second kappa shape index (κ2) is 9.70. The van der Waals surface area contributed by atoms with Gasteiger partial charge in [-0.05, 0) is 55.3 Å². The number of rotatable bonds is 9. The fraction of sp³-hybridized carbons (Fsp3) is 0.167. The number of hydrogen-bond acceptors (Lipinski definition) is 6. The summed E-state index contributed by atoms with van der Waals surface area (Å²) in [5.41, 5.74) is 7.85. The van der Waals surface area contributed by atoms with Crippen LogP contribution in [0.15, 0.2) is 77.7 Å². The van der Waals surface area contributed by atoms with E-state index in [9.17, 15) is 8.42 Å². The van der Waals surface area contributed by atoms with E-state index in [-0.39, 0.29) is 10.7 Å². The van der Waals surface area contributed by atoms with Crippen LogP contribution in [0.2, 0.25) is 0 Å². The molecule has 0 amide bonds. The van der Waals surface area contributed by atoms with E-state index in [2.05, 4.69) is 4.72 Å². The summed E-state index contributed by atoms with van der Waals surface area (Å²) >= 11 is 1.43. The van der Waals surface area contributed by atoms with Crippen molar-refractivity contribution in [3.63, 3.8) is 0 Å². The standard InChI is InChI=1S/C24H24N4O3S2/c1-2-31-18-11-12-20-22(15-18)32-24(27-20)21(14-16-7-6-8-17(13-16)23(25)26)28-33(29,30)19-9-4-3-5-10-19/h3-13,15,21,28H,2,14H2,1H3,(H3,25,26). The number of nitrogens with two attached hydrogens (primary N) is 1. The Morgan fingerprint density at radius 1 is 1.12 bits per heavy atom. The summed E-state index contributed by atoms with van der Waals surface area (Å²) < 4.78 is 35.6. The van der Waals surface area contributed by atoms with E-state index in [0.717, 1.165) is 21.5 Å². The van der Waals surface area contributed by atoms with Gasteiger partial charge in [0, 0.05) is 5.56 Å². The molecule has 0 radical (unpaired) electrons. The Labute approximate surface area is 196 Å². The van der Waals surface area contributed by atoms with Gasteiger partial charge in [0.2, 0.25) is 10.0 Å². The minimum Gasteiger partial charge on any atom is -0.494 e. The smallest absolute Gasteiger partial charge is 0.241 e. The highest BCUT2D eigenvalue weighted by Gasteiger charge is 2.25. The highest BCUT2D eigenvalue weighted by atomic mass is 32.2. The Bertz CT molecular complexity index is 1390. The molecule has 1 unspecified atom stereocenters. The van der Waals surface area contributed by atoms with Crippen LogP contribution in [0.25, 0.3) is 10.2 Å². The number of benzene rings is 3. The highest BCUT2D eigenvalue weighted by Crippen LogP contribution is 2.32. The summed E-state index contributed by atoms with van der Waals surface area (Å²) in [7, 11) is -3.78. The van der Waals surface area contributed by atoms with Gasteiger partial charge in [-0.25, -0.2) is 18.1 Å². The molecule has 9 heteroatoms. The van der Waals surface area contributed by atoms with Gasteiger partial charge in [-0.1, -0.05) is 36.4 Å². The molecule has 1 heterocycles. The van der Waals surface area contributed by atoms with Crippen LogP contribution in [0.1, 0.15) is 29.1 Å². The molecule has 170 valence electrons. The zero-order valence-corrected chi connectivity index (χ0v) is 19.6. The van der Waals surface area contributed by atoms with Gasteiger partial charge in [-0.3, -0.25) is 5.41 Å². The number of nitrogens with one attached hydrogen (secondary N) is 2. The van der Waals surface area contributed by atoms with Crippen molar-refractivity contribution in [1.29, 1.82) is 5.41 Å². The van der Waals surface area contributed by atoms with Gasteiger partial charge in [-0.15, -0.1) is 11.3 Å². The Hall–Kier alpha value is -3.27. The molecular formula is C24H24N4O3S2. The molecule has 0 saturated carbocycles. The Balaban J connectivity index is 1.73. The molecule has 0 bridgehead atoms. The molecule has 33 heavy (non-hydrogen) atoms. The van der Waals surface area contributed by atoms with Crippen LogP contribution in [-0.2, 0) is 16.4 Å². The molecular weight excluding hydrogens is 456 g/mol. The normalized spacial score (nSPS) is 12.5. The van der Waals surface area contributed by atoms with Crippen LogP contribution < -0.4 is 15.2 Å². The molecule has 7 nitrogen and oxygen atoms in total. The molecule has 0 aliphatic rings. The van der Waals surface area contributed by atoms with Crippen LogP contribution in [0.5, 0.6) is 5.75 Å². The second-order valence-corrected chi connectivity index (χ2v) is 10.2. The van der Waals surface area contributed by atoms with Gasteiger partial charge < -0.3 is 10.5 Å². The summed E-state index contributed by atoms with van der Waals surface area (Å²) in [5.74, 6) is 0.706. The van der Waals surface area contributed by atoms with Gasteiger partial charge in [0.05, 0.1) is 27.8 Å². The predicted octanol–water partition coefficient (Wildman–Crippen LogP) is 4.24. The quantitative estimate of drug-likeness (QED) is 0.245. The van der Waals surface area contributed by atoms with E-state index in [4.69, 9.17) is 20.9 Å². The second-order valence-electron chi connectivity index (χ2n) is 7.42. The van der Waals surface area contributed by atoms with Crippen LogP contribution in [-0.4, -0.2) is 25.8 Å². The van der Waals surface area contributed by atoms with Crippen molar-refractivity contribution in [2.45, 2.75) is 24.3 Å². The zero-order chi connectivity index (χ0) is 23.4. The Kier molecular flexibility index (Phi) is 6.73. The molecule has 1 atom stereocenters. The molecule has 4 rings (SSSR count). The van der Waals surface area contributed by atoms with Crippen molar-refractivity contribution in [3.05, 3.63) is 88.9 Å². The van der Waals surface area contributed by atoms with E-state index in [1.54, 1.807) is 42.5 Å². The van der Waals surface area contributed by atoms with Crippen molar-refractivity contribution in [3.8, 4) is 5.75 Å². The number of sulfonamides is 1. The molecule has 4 aromatic rings. The summed E-state index contributed by atoms with van der Waals surface area (Å²) in [4.78, 5) is 4.90. The van der Waals surface area contributed by atoms with Crippen molar-refractivity contribution in [1.82, 2.24) is 9.71 Å². The fourth-order valence-electron chi connectivity index (χ4n) is 3.46. The lowest BCUT2D eigenvalue weighted by atomic mass is 10.0. The minimum atomic E-state index is -3.78. The monoisotopic (exact) mass is 480 g/mol. The lowest BCUT2D eigenvalue weighted by molar-refractivity contribution is 0.341. The van der Waals surface area contributed by atoms with Crippen LogP contribution in [0.4, 0.5) is 0 Å². The highest BCUT2D eigenvalue weighted by molar-refractivity contribution is 7.89. The predicted molar refractivity (Wildman–Crippen MR) is 131 cm³/mol. The van der Waals surface area contributed by atoms with E-state index < -0.39 is 16.1 Å². The maximum absolute atomic E-state index is 13.1. The van der Waals surface area contributed by atoms with Crippen LogP contribution >= 0.6 is 11.3 Å².